The summed E-state index contributed by atoms with van der Waals surface area (Å²) in [5, 5.41) is 3.23. The van der Waals surface area contributed by atoms with E-state index in [0.29, 0.717) is 0 Å². The van der Waals surface area contributed by atoms with Crippen LogP contribution < -0.4 is 5.32 Å². The molecule has 1 aromatic carbocycles. The molecule has 0 radical (unpaired) electrons. The van der Waals surface area contributed by atoms with Gasteiger partial charge in [0.2, 0.25) is 0 Å². The zero-order valence-corrected chi connectivity index (χ0v) is 14.4. The fraction of sp³-hybridized carbons (Fsp3) is 0.375. The molecular formula is C16H18BrN3S. The maximum absolute atomic E-state index is 4.78. The lowest BCUT2D eigenvalue weighted by atomic mass is 9.96. The number of hydrogen-bond acceptors (Lipinski definition) is 4. The molecular weight excluding hydrogens is 346 g/mol. The van der Waals surface area contributed by atoms with Crippen molar-refractivity contribution >= 4 is 33.5 Å². The highest BCUT2D eigenvalue weighted by molar-refractivity contribution is 9.10. The van der Waals surface area contributed by atoms with Crippen LogP contribution in [0.3, 0.4) is 0 Å². The SMILES string of the molecule is CNc1nc(CSc2cccc(Br)c2)nc2c1CCCC2. The largest absolute Gasteiger partial charge is 0.373 e. The molecule has 0 aliphatic heterocycles. The van der Waals surface area contributed by atoms with Crippen LogP contribution in [0, 0.1) is 0 Å². The predicted molar refractivity (Wildman–Crippen MR) is 91.9 cm³/mol. The maximum Gasteiger partial charge on any atom is 0.141 e. The van der Waals surface area contributed by atoms with Crippen molar-refractivity contribution in [3.8, 4) is 0 Å². The van der Waals surface area contributed by atoms with Crippen molar-refractivity contribution < 1.29 is 0 Å². The lowest BCUT2D eigenvalue weighted by Gasteiger charge is -2.18. The van der Waals surface area contributed by atoms with Crippen LogP contribution in [-0.4, -0.2) is 17.0 Å². The molecule has 1 aliphatic carbocycles. The number of anilines is 1. The Kier molecular flexibility index (Phi) is 4.80. The molecule has 110 valence electrons. The molecule has 1 aliphatic rings. The van der Waals surface area contributed by atoms with Crippen LogP contribution >= 0.6 is 27.7 Å². The molecule has 2 aromatic rings. The first-order valence-electron chi connectivity index (χ1n) is 7.21. The van der Waals surface area contributed by atoms with Crippen LogP contribution in [0.25, 0.3) is 0 Å². The summed E-state index contributed by atoms with van der Waals surface area (Å²) in [4.78, 5) is 10.7. The van der Waals surface area contributed by atoms with Gasteiger partial charge in [0.25, 0.3) is 0 Å². The molecule has 0 fully saturated rings. The minimum absolute atomic E-state index is 0.804. The fourth-order valence-corrected chi connectivity index (χ4v) is 3.98. The third-order valence-electron chi connectivity index (χ3n) is 3.63. The van der Waals surface area contributed by atoms with Gasteiger partial charge in [0, 0.05) is 27.7 Å². The Morgan fingerprint density at radius 2 is 2.10 bits per heavy atom. The minimum Gasteiger partial charge on any atom is -0.373 e. The predicted octanol–water partition coefficient (Wildman–Crippen LogP) is 4.45. The number of aryl methyl sites for hydroxylation is 1. The zero-order valence-electron chi connectivity index (χ0n) is 12.0. The lowest BCUT2D eigenvalue weighted by Crippen LogP contribution is -2.13. The van der Waals surface area contributed by atoms with E-state index in [9.17, 15) is 0 Å². The van der Waals surface area contributed by atoms with Gasteiger partial charge in [0.1, 0.15) is 11.6 Å². The van der Waals surface area contributed by atoms with Crippen molar-refractivity contribution in [3.63, 3.8) is 0 Å². The molecule has 21 heavy (non-hydrogen) atoms. The van der Waals surface area contributed by atoms with Crippen LogP contribution in [0.4, 0.5) is 5.82 Å². The van der Waals surface area contributed by atoms with Crippen LogP contribution in [0.15, 0.2) is 33.6 Å². The second-order valence-corrected chi connectivity index (χ2v) is 7.08. The number of hydrogen-bond donors (Lipinski definition) is 1. The van der Waals surface area contributed by atoms with E-state index in [-0.39, 0.29) is 0 Å². The number of halogens is 1. The van der Waals surface area contributed by atoms with Crippen molar-refractivity contribution in [3.05, 3.63) is 45.8 Å². The Bertz CT molecular complexity index is 628. The van der Waals surface area contributed by atoms with Gasteiger partial charge in [0.05, 0.1) is 5.75 Å². The van der Waals surface area contributed by atoms with E-state index in [0.717, 1.165) is 34.7 Å². The lowest BCUT2D eigenvalue weighted by molar-refractivity contribution is 0.659. The van der Waals surface area contributed by atoms with Crippen LogP contribution in [-0.2, 0) is 18.6 Å². The first kappa shape index (κ1) is 14.9. The summed E-state index contributed by atoms with van der Waals surface area (Å²) < 4.78 is 1.11. The summed E-state index contributed by atoms with van der Waals surface area (Å²) in [6, 6.07) is 8.34. The van der Waals surface area contributed by atoms with Gasteiger partial charge in [-0.05, 0) is 43.9 Å². The number of nitrogens with one attached hydrogen (secondary N) is 1. The summed E-state index contributed by atoms with van der Waals surface area (Å²) in [7, 11) is 1.95. The van der Waals surface area contributed by atoms with Gasteiger partial charge in [-0.25, -0.2) is 9.97 Å². The summed E-state index contributed by atoms with van der Waals surface area (Å²) in [5.41, 5.74) is 2.56. The Labute approximate surface area is 138 Å². The first-order valence-corrected chi connectivity index (χ1v) is 8.99. The molecule has 1 N–H and O–H groups in total. The van der Waals surface area contributed by atoms with Crippen molar-refractivity contribution in [1.82, 2.24) is 9.97 Å². The quantitative estimate of drug-likeness (QED) is 0.814. The maximum atomic E-state index is 4.78. The minimum atomic E-state index is 0.804. The standard InChI is InChI=1S/C16H18BrN3S/c1-18-16-13-7-2-3-8-14(13)19-15(20-16)10-21-12-6-4-5-11(17)9-12/h4-6,9H,2-3,7-8,10H2,1H3,(H,18,19,20). The summed E-state index contributed by atoms with van der Waals surface area (Å²) in [5.74, 6) is 2.74. The second-order valence-electron chi connectivity index (χ2n) is 5.12. The number of thioether (sulfide) groups is 1. The van der Waals surface area contributed by atoms with Crippen molar-refractivity contribution in [2.75, 3.05) is 12.4 Å². The number of benzene rings is 1. The van der Waals surface area contributed by atoms with Gasteiger partial charge in [-0.15, -0.1) is 11.8 Å². The zero-order chi connectivity index (χ0) is 14.7. The topological polar surface area (TPSA) is 37.8 Å². The fourth-order valence-electron chi connectivity index (χ4n) is 2.62. The first-order chi connectivity index (χ1) is 10.3. The third-order valence-corrected chi connectivity index (χ3v) is 5.11. The Hall–Kier alpha value is -1.07. The third kappa shape index (κ3) is 3.58. The molecule has 1 heterocycles. The number of aromatic nitrogens is 2. The van der Waals surface area contributed by atoms with Gasteiger partial charge < -0.3 is 5.32 Å². The van der Waals surface area contributed by atoms with Crippen LogP contribution in [0.5, 0.6) is 0 Å². The highest BCUT2D eigenvalue weighted by Gasteiger charge is 2.17. The summed E-state index contributed by atoms with van der Waals surface area (Å²) >= 11 is 5.28. The molecule has 0 amide bonds. The van der Waals surface area contributed by atoms with E-state index >= 15 is 0 Å². The smallest absolute Gasteiger partial charge is 0.141 e. The van der Waals surface area contributed by atoms with Crippen molar-refractivity contribution in [2.45, 2.75) is 36.3 Å². The summed E-state index contributed by atoms with van der Waals surface area (Å²) in [6.07, 6.45) is 4.67. The van der Waals surface area contributed by atoms with Gasteiger partial charge in [-0.3, -0.25) is 0 Å². The van der Waals surface area contributed by atoms with Gasteiger partial charge >= 0.3 is 0 Å². The van der Waals surface area contributed by atoms with Crippen molar-refractivity contribution in [2.24, 2.45) is 0 Å². The van der Waals surface area contributed by atoms with Crippen LogP contribution in [0.2, 0.25) is 0 Å². The monoisotopic (exact) mass is 363 g/mol. The Balaban J connectivity index is 1.79. The van der Waals surface area contributed by atoms with Gasteiger partial charge in [-0.1, -0.05) is 22.0 Å². The summed E-state index contributed by atoms with van der Waals surface area (Å²) in [6.45, 7) is 0. The van der Waals surface area contributed by atoms with E-state index in [2.05, 4.69) is 44.4 Å². The molecule has 0 bridgehead atoms. The molecule has 0 atom stereocenters. The van der Waals surface area contributed by atoms with E-state index < -0.39 is 0 Å². The van der Waals surface area contributed by atoms with E-state index in [4.69, 9.17) is 4.98 Å². The van der Waals surface area contributed by atoms with E-state index in [1.807, 2.05) is 13.1 Å². The van der Waals surface area contributed by atoms with Crippen molar-refractivity contribution in [1.29, 1.82) is 0 Å². The Morgan fingerprint density at radius 3 is 2.90 bits per heavy atom. The average Bonchev–Trinajstić information content (AvgIpc) is 2.52. The van der Waals surface area contributed by atoms with E-state index in [1.165, 1.54) is 29.0 Å². The van der Waals surface area contributed by atoms with E-state index in [1.54, 1.807) is 11.8 Å². The average molecular weight is 364 g/mol. The molecule has 5 heteroatoms. The highest BCUT2D eigenvalue weighted by Crippen LogP contribution is 2.28. The number of rotatable bonds is 4. The number of fused-ring (bicyclic) bond motifs is 1. The molecule has 3 nitrogen and oxygen atoms in total. The highest BCUT2D eigenvalue weighted by atomic mass is 79.9. The van der Waals surface area contributed by atoms with Gasteiger partial charge in [-0.2, -0.15) is 0 Å². The molecule has 0 saturated heterocycles. The second kappa shape index (κ2) is 6.79. The van der Waals surface area contributed by atoms with Gasteiger partial charge in [0.15, 0.2) is 0 Å². The Morgan fingerprint density at radius 1 is 1.24 bits per heavy atom. The van der Waals surface area contributed by atoms with Crippen LogP contribution in [0.1, 0.15) is 29.9 Å². The molecule has 3 rings (SSSR count). The normalized spacial score (nSPS) is 13.8. The molecule has 0 saturated carbocycles. The molecule has 1 aromatic heterocycles. The number of nitrogens with zero attached hydrogens (tertiary/aromatic N) is 2. The molecule has 0 spiro atoms. The molecule has 0 unspecified atom stereocenters.